The van der Waals surface area contributed by atoms with Gasteiger partial charge in [0.2, 0.25) is 0 Å². The number of hydrogen-bond donors (Lipinski definition) is 0. The molecule has 0 radical (unpaired) electrons. The Morgan fingerprint density at radius 2 is 2.21 bits per heavy atom. The Hall–Kier alpha value is -1.24. The van der Waals surface area contributed by atoms with Crippen molar-refractivity contribution in [2.24, 2.45) is 7.05 Å². The van der Waals surface area contributed by atoms with Crippen molar-refractivity contribution in [1.29, 1.82) is 0 Å². The molecule has 2 aromatic rings. The lowest BCUT2D eigenvalue weighted by Crippen LogP contribution is -2.32. The molecular weight excluding hydrogens is 266 g/mol. The standard InChI is InChI=1S/C12H18ClN5O/c1-8(7-19-4)17(2)6-10-15-11(13)9-5-14-18(3)12(9)16-10/h5,8H,6-7H2,1-4H3. The third-order valence-electron chi connectivity index (χ3n) is 3.14. The van der Waals surface area contributed by atoms with Gasteiger partial charge >= 0.3 is 0 Å². The van der Waals surface area contributed by atoms with Gasteiger partial charge in [-0.25, -0.2) is 9.97 Å². The number of hydrogen-bond acceptors (Lipinski definition) is 5. The van der Waals surface area contributed by atoms with Gasteiger partial charge in [0.1, 0.15) is 11.0 Å². The van der Waals surface area contributed by atoms with Crippen LogP contribution in [0.4, 0.5) is 0 Å². The summed E-state index contributed by atoms with van der Waals surface area (Å²) in [5.74, 6) is 0.687. The average Bonchev–Trinajstić information content (AvgIpc) is 2.72. The summed E-state index contributed by atoms with van der Waals surface area (Å²) in [6.45, 7) is 3.37. The van der Waals surface area contributed by atoms with Crippen LogP contribution in [0.25, 0.3) is 11.0 Å². The molecule has 0 amide bonds. The highest BCUT2D eigenvalue weighted by molar-refractivity contribution is 6.33. The summed E-state index contributed by atoms with van der Waals surface area (Å²) in [6.07, 6.45) is 1.68. The van der Waals surface area contributed by atoms with Crippen molar-refractivity contribution in [1.82, 2.24) is 24.6 Å². The second-order valence-corrected chi connectivity index (χ2v) is 5.01. The van der Waals surface area contributed by atoms with Gasteiger partial charge in [-0.15, -0.1) is 0 Å². The zero-order valence-corrected chi connectivity index (χ0v) is 12.3. The molecule has 0 aliphatic heterocycles. The first-order chi connectivity index (χ1) is 9.02. The first-order valence-electron chi connectivity index (χ1n) is 6.06. The van der Waals surface area contributed by atoms with Crippen molar-refractivity contribution in [2.45, 2.75) is 19.5 Å². The molecule has 6 nitrogen and oxygen atoms in total. The molecule has 2 rings (SSSR count). The highest BCUT2D eigenvalue weighted by atomic mass is 35.5. The first kappa shape index (κ1) is 14.2. The molecule has 7 heteroatoms. The summed E-state index contributed by atoms with van der Waals surface area (Å²) in [7, 11) is 5.54. The number of ether oxygens (including phenoxy) is 1. The Morgan fingerprint density at radius 1 is 1.47 bits per heavy atom. The van der Waals surface area contributed by atoms with E-state index in [4.69, 9.17) is 16.3 Å². The van der Waals surface area contributed by atoms with E-state index in [-0.39, 0.29) is 6.04 Å². The molecule has 19 heavy (non-hydrogen) atoms. The maximum absolute atomic E-state index is 6.15. The van der Waals surface area contributed by atoms with Crippen molar-refractivity contribution in [3.05, 3.63) is 17.2 Å². The number of methoxy groups -OCH3 is 1. The van der Waals surface area contributed by atoms with Gasteiger partial charge in [-0.1, -0.05) is 11.6 Å². The van der Waals surface area contributed by atoms with E-state index in [1.807, 2.05) is 14.1 Å². The molecule has 0 N–H and O–H groups in total. The Kier molecular flexibility index (Phi) is 4.34. The van der Waals surface area contributed by atoms with Crippen LogP contribution < -0.4 is 0 Å². The normalized spacial score (nSPS) is 13.4. The Labute approximate surface area is 117 Å². The summed E-state index contributed by atoms with van der Waals surface area (Å²) in [5.41, 5.74) is 0.753. The second kappa shape index (κ2) is 5.81. The summed E-state index contributed by atoms with van der Waals surface area (Å²) in [6, 6.07) is 0.287. The van der Waals surface area contributed by atoms with Crippen LogP contribution in [0.2, 0.25) is 5.15 Å². The van der Waals surface area contributed by atoms with Crippen LogP contribution in [0.3, 0.4) is 0 Å². The Morgan fingerprint density at radius 3 is 2.89 bits per heavy atom. The fourth-order valence-corrected chi connectivity index (χ4v) is 2.08. The van der Waals surface area contributed by atoms with Crippen LogP contribution in [0, 0.1) is 0 Å². The van der Waals surface area contributed by atoms with E-state index in [1.54, 1.807) is 18.0 Å². The van der Waals surface area contributed by atoms with Crippen LogP contribution in [-0.2, 0) is 18.3 Å². The number of fused-ring (bicyclic) bond motifs is 1. The minimum atomic E-state index is 0.287. The average molecular weight is 284 g/mol. The zero-order valence-electron chi connectivity index (χ0n) is 11.6. The SMILES string of the molecule is COCC(C)N(C)Cc1nc(Cl)c2cnn(C)c2n1. The summed E-state index contributed by atoms with van der Waals surface area (Å²) in [5, 5.41) is 5.36. The summed E-state index contributed by atoms with van der Waals surface area (Å²) in [4.78, 5) is 10.9. The molecule has 0 aromatic carbocycles. The number of halogens is 1. The van der Waals surface area contributed by atoms with Crippen LogP contribution in [-0.4, -0.2) is 51.5 Å². The number of nitrogens with zero attached hydrogens (tertiary/aromatic N) is 5. The van der Waals surface area contributed by atoms with Crippen molar-refractivity contribution in [3.63, 3.8) is 0 Å². The third-order valence-corrected chi connectivity index (χ3v) is 3.43. The number of aryl methyl sites for hydroxylation is 1. The minimum absolute atomic E-state index is 0.287. The fourth-order valence-electron chi connectivity index (χ4n) is 1.85. The number of aromatic nitrogens is 4. The topological polar surface area (TPSA) is 56.1 Å². The maximum atomic E-state index is 6.15. The van der Waals surface area contributed by atoms with E-state index in [2.05, 4.69) is 26.9 Å². The predicted octanol–water partition coefficient (Wildman–Crippen LogP) is 1.48. The number of rotatable bonds is 5. The van der Waals surface area contributed by atoms with E-state index in [0.717, 1.165) is 11.0 Å². The summed E-state index contributed by atoms with van der Waals surface area (Å²) < 4.78 is 6.84. The molecule has 1 unspecified atom stereocenters. The van der Waals surface area contributed by atoms with Crippen molar-refractivity contribution in [2.75, 3.05) is 20.8 Å². The Bertz CT molecular complexity index is 570. The summed E-state index contributed by atoms with van der Waals surface area (Å²) >= 11 is 6.15. The van der Waals surface area contributed by atoms with Crippen LogP contribution in [0.15, 0.2) is 6.20 Å². The van der Waals surface area contributed by atoms with Gasteiger partial charge in [0, 0.05) is 20.2 Å². The molecular formula is C12H18ClN5O. The predicted molar refractivity (Wildman–Crippen MR) is 74.1 cm³/mol. The molecule has 0 spiro atoms. The van der Waals surface area contributed by atoms with Crippen molar-refractivity contribution in [3.8, 4) is 0 Å². The lowest BCUT2D eigenvalue weighted by molar-refractivity contribution is 0.110. The second-order valence-electron chi connectivity index (χ2n) is 4.66. The maximum Gasteiger partial charge on any atom is 0.162 e. The highest BCUT2D eigenvalue weighted by Gasteiger charge is 2.14. The zero-order chi connectivity index (χ0) is 14.0. The van der Waals surface area contributed by atoms with Gasteiger partial charge in [-0.05, 0) is 14.0 Å². The van der Waals surface area contributed by atoms with Crippen LogP contribution in [0.1, 0.15) is 12.7 Å². The van der Waals surface area contributed by atoms with Crippen LogP contribution in [0.5, 0.6) is 0 Å². The molecule has 0 bridgehead atoms. The van der Waals surface area contributed by atoms with E-state index < -0.39 is 0 Å². The molecule has 0 saturated heterocycles. The lowest BCUT2D eigenvalue weighted by atomic mass is 10.3. The van der Waals surface area contributed by atoms with Crippen molar-refractivity contribution >= 4 is 22.6 Å². The monoisotopic (exact) mass is 283 g/mol. The molecule has 0 aliphatic rings. The third kappa shape index (κ3) is 3.02. The van der Waals surface area contributed by atoms with Crippen LogP contribution >= 0.6 is 11.6 Å². The van der Waals surface area contributed by atoms with E-state index in [1.165, 1.54) is 0 Å². The molecule has 104 valence electrons. The lowest BCUT2D eigenvalue weighted by Gasteiger charge is -2.23. The quantitative estimate of drug-likeness (QED) is 0.778. The highest BCUT2D eigenvalue weighted by Crippen LogP contribution is 2.19. The number of likely N-dealkylation sites (N-methyl/N-ethyl adjacent to an activating group) is 1. The fraction of sp³-hybridized carbons (Fsp3) is 0.583. The van der Waals surface area contributed by atoms with Crippen molar-refractivity contribution < 1.29 is 4.74 Å². The molecule has 0 fully saturated rings. The first-order valence-corrected chi connectivity index (χ1v) is 6.44. The molecule has 2 aromatic heterocycles. The molecule has 2 heterocycles. The van der Waals surface area contributed by atoms with Gasteiger partial charge in [-0.3, -0.25) is 9.58 Å². The van der Waals surface area contributed by atoms with Gasteiger partial charge < -0.3 is 4.74 Å². The molecule has 1 atom stereocenters. The van der Waals surface area contributed by atoms with E-state index >= 15 is 0 Å². The van der Waals surface area contributed by atoms with Gasteiger partial charge in [0.15, 0.2) is 5.65 Å². The molecule has 0 saturated carbocycles. The van der Waals surface area contributed by atoms with E-state index in [9.17, 15) is 0 Å². The van der Waals surface area contributed by atoms with Gasteiger partial charge in [0.05, 0.1) is 24.7 Å². The van der Waals surface area contributed by atoms with Gasteiger partial charge in [0.25, 0.3) is 0 Å². The van der Waals surface area contributed by atoms with Gasteiger partial charge in [-0.2, -0.15) is 5.10 Å². The largest absolute Gasteiger partial charge is 0.383 e. The Balaban J connectivity index is 2.23. The molecule has 0 aliphatic carbocycles. The minimum Gasteiger partial charge on any atom is -0.383 e. The smallest absolute Gasteiger partial charge is 0.162 e. The van der Waals surface area contributed by atoms with E-state index in [0.29, 0.717) is 24.1 Å².